The van der Waals surface area contributed by atoms with Gasteiger partial charge in [-0.15, -0.1) is 23.1 Å². The zero-order chi connectivity index (χ0) is 17.2. The van der Waals surface area contributed by atoms with E-state index in [1.54, 1.807) is 29.4 Å². The van der Waals surface area contributed by atoms with Crippen LogP contribution >= 0.6 is 34.7 Å². The third kappa shape index (κ3) is 3.56. The highest BCUT2D eigenvalue weighted by Gasteiger charge is 2.13. The second-order valence-electron chi connectivity index (χ2n) is 5.79. The maximum atomic E-state index is 6.09. The van der Waals surface area contributed by atoms with E-state index in [1.807, 2.05) is 18.2 Å². The first-order valence-corrected chi connectivity index (χ1v) is 10.1. The highest BCUT2D eigenvalue weighted by Crippen LogP contribution is 2.38. The Bertz CT molecular complexity index is 1030. The summed E-state index contributed by atoms with van der Waals surface area (Å²) in [5.41, 5.74) is 4.86. The second-order valence-corrected chi connectivity index (χ2v) is 8.05. The van der Waals surface area contributed by atoms with Gasteiger partial charge >= 0.3 is 0 Å². The number of benzene rings is 2. The van der Waals surface area contributed by atoms with Crippen LogP contribution in [-0.4, -0.2) is 9.97 Å². The molecule has 0 aliphatic heterocycles. The van der Waals surface area contributed by atoms with E-state index in [-0.39, 0.29) is 0 Å². The van der Waals surface area contributed by atoms with Crippen molar-refractivity contribution in [3.05, 3.63) is 76.4 Å². The molecule has 0 atom stereocenters. The average molecular weight is 383 g/mol. The lowest BCUT2D eigenvalue weighted by Gasteiger charge is -2.06. The van der Waals surface area contributed by atoms with Crippen LogP contribution < -0.4 is 0 Å². The van der Waals surface area contributed by atoms with E-state index < -0.39 is 0 Å². The Morgan fingerprint density at radius 3 is 2.72 bits per heavy atom. The van der Waals surface area contributed by atoms with Crippen LogP contribution in [0.3, 0.4) is 0 Å². The maximum absolute atomic E-state index is 6.09. The number of fused-ring (bicyclic) bond motifs is 1. The molecule has 4 aromatic rings. The number of thioether (sulfide) groups is 1. The van der Waals surface area contributed by atoms with Crippen LogP contribution in [0.15, 0.2) is 65.3 Å². The fraction of sp³-hybridized carbons (Fsp3) is 0.100. The number of aromatic nitrogens is 2. The zero-order valence-electron chi connectivity index (χ0n) is 13.6. The van der Waals surface area contributed by atoms with Crippen molar-refractivity contribution in [2.45, 2.75) is 17.7 Å². The van der Waals surface area contributed by atoms with Gasteiger partial charge in [-0.1, -0.05) is 53.6 Å². The molecule has 2 aromatic heterocycles. The van der Waals surface area contributed by atoms with Crippen molar-refractivity contribution in [1.82, 2.24) is 9.97 Å². The summed E-state index contributed by atoms with van der Waals surface area (Å²) in [5.74, 6) is 0.829. The lowest BCUT2D eigenvalue weighted by Crippen LogP contribution is -1.87. The van der Waals surface area contributed by atoms with Crippen LogP contribution in [0.4, 0.5) is 0 Å². The van der Waals surface area contributed by atoms with Crippen LogP contribution in [0.1, 0.15) is 11.1 Å². The molecule has 0 bridgehead atoms. The van der Waals surface area contributed by atoms with Crippen molar-refractivity contribution in [2.24, 2.45) is 0 Å². The molecule has 2 heterocycles. The number of halogens is 1. The lowest BCUT2D eigenvalue weighted by atomic mass is 10.1. The number of hydrogen-bond donors (Lipinski definition) is 0. The SMILES string of the molecule is Cc1ccc(-c2csc3ncnc(SCc4cccc(Cl)c4)c23)cc1. The van der Waals surface area contributed by atoms with Crippen molar-refractivity contribution >= 4 is 44.9 Å². The molecule has 0 unspecified atom stereocenters. The van der Waals surface area contributed by atoms with Crippen LogP contribution in [-0.2, 0) is 5.75 Å². The van der Waals surface area contributed by atoms with Crippen molar-refractivity contribution < 1.29 is 0 Å². The number of hydrogen-bond acceptors (Lipinski definition) is 4. The van der Waals surface area contributed by atoms with Gasteiger partial charge in [-0.2, -0.15) is 0 Å². The molecule has 2 aromatic carbocycles. The molecule has 0 aliphatic carbocycles. The fourth-order valence-electron chi connectivity index (χ4n) is 2.68. The monoisotopic (exact) mass is 382 g/mol. The summed E-state index contributed by atoms with van der Waals surface area (Å²) in [5, 5.41) is 5.10. The zero-order valence-corrected chi connectivity index (χ0v) is 16.0. The van der Waals surface area contributed by atoms with Crippen LogP contribution in [0, 0.1) is 6.92 Å². The Labute approximate surface area is 159 Å². The molecule has 2 nitrogen and oxygen atoms in total. The quantitative estimate of drug-likeness (QED) is 0.293. The van der Waals surface area contributed by atoms with Crippen LogP contribution in [0.25, 0.3) is 21.3 Å². The molecule has 124 valence electrons. The molecule has 0 amide bonds. The molecule has 0 spiro atoms. The minimum atomic E-state index is 0.766. The van der Waals surface area contributed by atoms with Gasteiger partial charge in [0.05, 0.1) is 5.39 Å². The Morgan fingerprint density at radius 2 is 1.92 bits per heavy atom. The van der Waals surface area contributed by atoms with Crippen LogP contribution in [0.5, 0.6) is 0 Å². The van der Waals surface area contributed by atoms with E-state index in [2.05, 4.69) is 52.6 Å². The topological polar surface area (TPSA) is 25.8 Å². The van der Waals surface area contributed by atoms with Gasteiger partial charge in [0.25, 0.3) is 0 Å². The summed E-state index contributed by atoms with van der Waals surface area (Å²) in [6.07, 6.45) is 1.65. The standard InChI is InChI=1S/C20H15ClN2S2/c1-13-5-7-15(8-6-13)17-11-25-20-18(17)19(22-12-23-20)24-10-14-3-2-4-16(21)9-14/h2-9,11-12H,10H2,1H3. The average Bonchev–Trinajstić information content (AvgIpc) is 3.05. The molecule has 5 heteroatoms. The maximum Gasteiger partial charge on any atom is 0.128 e. The number of thiophene rings is 1. The smallest absolute Gasteiger partial charge is 0.128 e. The van der Waals surface area contributed by atoms with Gasteiger partial charge < -0.3 is 0 Å². The second kappa shape index (κ2) is 7.16. The molecule has 0 saturated heterocycles. The van der Waals surface area contributed by atoms with Crippen molar-refractivity contribution in [2.75, 3.05) is 0 Å². The normalized spacial score (nSPS) is 11.1. The van der Waals surface area contributed by atoms with Gasteiger partial charge in [0, 0.05) is 21.7 Å². The first-order valence-electron chi connectivity index (χ1n) is 7.87. The third-order valence-electron chi connectivity index (χ3n) is 3.96. The van der Waals surface area contributed by atoms with E-state index in [9.17, 15) is 0 Å². The predicted molar refractivity (Wildman–Crippen MR) is 109 cm³/mol. The van der Waals surface area contributed by atoms with E-state index in [4.69, 9.17) is 11.6 Å². The largest absolute Gasteiger partial charge is 0.229 e. The Hall–Kier alpha value is -1.88. The summed E-state index contributed by atoms with van der Waals surface area (Å²) < 4.78 is 0. The number of nitrogens with zero attached hydrogens (tertiary/aromatic N) is 2. The number of rotatable bonds is 4. The first kappa shape index (κ1) is 16.6. The summed E-state index contributed by atoms with van der Waals surface area (Å²) >= 11 is 9.48. The molecule has 0 N–H and O–H groups in total. The van der Waals surface area contributed by atoms with Gasteiger partial charge in [0.1, 0.15) is 16.2 Å². The van der Waals surface area contributed by atoms with Gasteiger partial charge in [0.2, 0.25) is 0 Å². The minimum absolute atomic E-state index is 0.766. The highest BCUT2D eigenvalue weighted by atomic mass is 35.5. The molecular weight excluding hydrogens is 368 g/mol. The molecule has 4 rings (SSSR count). The molecular formula is C20H15ClN2S2. The third-order valence-corrected chi connectivity index (χ3v) is 6.14. The summed E-state index contributed by atoms with van der Waals surface area (Å²) in [4.78, 5) is 10.0. The van der Waals surface area contributed by atoms with Crippen molar-refractivity contribution in [3.8, 4) is 11.1 Å². The van der Waals surface area contributed by atoms with Gasteiger partial charge in [0.15, 0.2) is 0 Å². The summed E-state index contributed by atoms with van der Waals surface area (Å²) in [7, 11) is 0. The Balaban J connectivity index is 1.71. The first-order chi connectivity index (χ1) is 12.2. The summed E-state index contributed by atoms with van der Waals surface area (Å²) in [6, 6.07) is 16.6. The molecule has 0 fully saturated rings. The highest BCUT2D eigenvalue weighted by molar-refractivity contribution is 7.98. The molecule has 0 radical (unpaired) electrons. The predicted octanol–water partition coefficient (Wildman–Crippen LogP) is 6.61. The molecule has 25 heavy (non-hydrogen) atoms. The molecule has 0 saturated carbocycles. The lowest BCUT2D eigenvalue weighted by molar-refractivity contribution is 1.11. The number of aryl methyl sites for hydroxylation is 1. The minimum Gasteiger partial charge on any atom is -0.229 e. The Kier molecular flexibility index (Phi) is 4.75. The Morgan fingerprint density at radius 1 is 1.08 bits per heavy atom. The van der Waals surface area contributed by atoms with E-state index in [0.29, 0.717) is 0 Å². The van der Waals surface area contributed by atoms with Crippen molar-refractivity contribution in [1.29, 1.82) is 0 Å². The van der Waals surface area contributed by atoms with Crippen LogP contribution in [0.2, 0.25) is 5.02 Å². The fourth-order valence-corrected chi connectivity index (χ4v) is 4.83. The van der Waals surface area contributed by atoms with Gasteiger partial charge in [-0.3, -0.25) is 0 Å². The van der Waals surface area contributed by atoms with Gasteiger partial charge in [-0.05, 0) is 30.2 Å². The van der Waals surface area contributed by atoms with E-state index >= 15 is 0 Å². The molecule has 0 aliphatic rings. The van der Waals surface area contributed by atoms with Crippen molar-refractivity contribution in [3.63, 3.8) is 0 Å². The van der Waals surface area contributed by atoms with E-state index in [1.165, 1.54) is 22.3 Å². The summed E-state index contributed by atoms with van der Waals surface area (Å²) in [6.45, 7) is 2.10. The van der Waals surface area contributed by atoms with E-state index in [0.717, 1.165) is 26.0 Å². The van der Waals surface area contributed by atoms with Gasteiger partial charge in [-0.25, -0.2) is 9.97 Å².